The number of fused-ring (bicyclic) bond motifs is 1. The Morgan fingerprint density at radius 3 is 2.24 bits per heavy atom. The molecule has 0 aliphatic heterocycles. The molecule has 0 unspecified atom stereocenters. The van der Waals surface area contributed by atoms with Crippen LogP contribution in [0.3, 0.4) is 0 Å². The number of benzene rings is 2. The third-order valence-corrected chi connectivity index (χ3v) is 8.23. The molecule has 2 aromatic carbocycles. The summed E-state index contributed by atoms with van der Waals surface area (Å²) in [6, 6.07) is 10.2. The van der Waals surface area contributed by atoms with E-state index in [1.165, 1.54) is 51.0 Å². The van der Waals surface area contributed by atoms with Crippen molar-refractivity contribution in [2.45, 2.75) is 32.6 Å². The van der Waals surface area contributed by atoms with Gasteiger partial charge >= 0.3 is 0 Å². The lowest BCUT2D eigenvalue weighted by Crippen LogP contribution is -2.30. The Labute approximate surface area is 175 Å². The van der Waals surface area contributed by atoms with Crippen LogP contribution in [-0.2, 0) is 17.1 Å². The van der Waals surface area contributed by atoms with Gasteiger partial charge in [-0.05, 0) is 61.4 Å². The number of thiazole rings is 1. The molecule has 0 aliphatic carbocycles. The number of hydrogen-bond donors (Lipinski definition) is 0. The van der Waals surface area contributed by atoms with Crippen molar-refractivity contribution in [2.24, 2.45) is 12.0 Å². The zero-order valence-electron chi connectivity index (χ0n) is 17.3. The molecule has 3 rings (SSSR count). The quantitative estimate of drug-likeness (QED) is 0.619. The number of rotatable bonds is 5. The summed E-state index contributed by atoms with van der Waals surface area (Å²) in [5, 5.41) is 0. The van der Waals surface area contributed by atoms with Gasteiger partial charge in [0.15, 0.2) is 4.80 Å². The molecule has 0 spiro atoms. The van der Waals surface area contributed by atoms with Crippen LogP contribution in [-0.4, -0.2) is 36.3 Å². The van der Waals surface area contributed by atoms with Crippen LogP contribution in [0.4, 0.5) is 0 Å². The fraction of sp³-hybridized carbons (Fsp3) is 0.333. The molecule has 8 heteroatoms. The second-order valence-corrected chi connectivity index (χ2v) is 9.83. The molecular formula is C21H25N3O3S2. The van der Waals surface area contributed by atoms with Gasteiger partial charge in [-0.2, -0.15) is 9.30 Å². The highest BCUT2D eigenvalue weighted by Crippen LogP contribution is 2.21. The molecule has 1 aromatic heterocycles. The predicted octanol–water partition coefficient (Wildman–Crippen LogP) is 3.63. The summed E-state index contributed by atoms with van der Waals surface area (Å²) < 4.78 is 29.5. The number of carbonyl (C=O) groups excluding carboxylic acids is 1. The summed E-state index contributed by atoms with van der Waals surface area (Å²) in [5.74, 6) is -0.396. The first-order valence-corrected chi connectivity index (χ1v) is 11.7. The van der Waals surface area contributed by atoms with E-state index in [4.69, 9.17) is 0 Å². The lowest BCUT2D eigenvalue weighted by atomic mass is 10.1. The Balaban J connectivity index is 1.96. The maximum atomic E-state index is 12.7. The van der Waals surface area contributed by atoms with Crippen LogP contribution in [0.25, 0.3) is 10.2 Å². The van der Waals surface area contributed by atoms with Crippen molar-refractivity contribution in [2.75, 3.05) is 13.1 Å². The molecular weight excluding hydrogens is 406 g/mol. The number of nitrogens with zero attached hydrogens (tertiary/aromatic N) is 3. The van der Waals surface area contributed by atoms with Crippen LogP contribution in [0.15, 0.2) is 46.3 Å². The van der Waals surface area contributed by atoms with Gasteiger partial charge in [0.2, 0.25) is 10.0 Å². The zero-order chi connectivity index (χ0) is 21.3. The number of aryl methyl sites for hydroxylation is 3. The first-order chi connectivity index (χ1) is 13.7. The predicted molar refractivity (Wildman–Crippen MR) is 117 cm³/mol. The van der Waals surface area contributed by atoms with E-state index in [2.05, 4.69) is 31.0 Å². The maximum Gasteiger partial charge on any atom is 0.279 e. The molecule has 154 valence electrons. The summed E-state index contributed by atoms with van der Waals surface area (Å²) in [7, 11) is -1.66. The highest BCUT2D eigenvalue weighted by molar-refractivity contribution is 7.89. The van der Waals surface area contributed by atoms with E-state index in [0.717, 1.165) is 10.2 Å². The third-order valence-electron chi connectivity index (χ3n) is 5.07. The van der Waals surface area contributed by atoms with Crippen LogP contribution in [0.5, 0.6) is 0 Å². The Bertz CT molecular complexity index is 1230. The standard InChI is InChI=1S/C21H25N3O3S2/c1-6-24(7-2)29(26,27)17-10-8-16(9-11-17)20(25)22-21-23(5)18-12-14(3)15(4)13-19(18)28-21/h8-13H,6-7H2,1-5H3. The maximum absolute atomic E-state index is 12.7. The van der Waals surface area contributed by atoms with Gasteiger partial charge in [-0.25, -0.2) is 8.42 Å². The van der Waals surface area contributed by atoms with E-state index in [1.54, 1.807) is 13.8 Å². The molecule has 0 aliphatic rings. The van der Waals surface area contributed by atoms with Crippen molar-refractivity contribution >= 4 is 37.5 Å². The van der Waals surface area contributed by atoms with Crippen LogP contribution in [0.2, 0.25) is 0 Å². The van der Waals surface area contributed by atoms with Gasteiger partial charge < -0.3 is 4.57 Å². The van der Waals surface area contributed by atoms with Crippen LogP contribution >= 0.6 is 11.3 Å². The largest absolute Gasteiger partial charge is 0.319 e. The van der Waals surface area contributed by atoms with Gasteiger partial charge in [0, 0.05) is 25.7 Å². The molecule has 6 nitrogen and oxygen atoms in total. The first-order valence-electron chi connectivity index (χ1n) is 9.45. The van der Waals surface area contributed by atoms with E-state index in [0.29, 0.717) is 23.5 Å². The topological polar surface area (TPSA) is 71.7 Å². The average Bonchev–Trinajstić information content (AvgIpc) is 2.98. The van der Waals surface area contributed by atoms with Gasteiger partial charge in [-0.1, -0.05) is 25.2 Å². The molecule has 0 saturated carbocycles. The molecule has 0 atom stereocenters. The molecule has 0 bridgehead atoms. The summed E-state index contributed by atoms with van der Waals surface area (Å²) >= 11 is 1.46. The van der Waals surface area contributed by atoms with Crippen molar-refractivity contribution < 1.29 is 13.2 Å². The minimum atomic E-state index is -3.55. The zero-order valence-corrected chi connectivity index (χ0v) is 18.9. The number of hydrogen-bond acceptors (Lipinski definition) is 4. The molecule has 29 heavy (non-hydrogen) atoms. The minimum absolute atomic E-state index is 0.177. The van der Waals surface area contributed by atoms with Gasteiger partial charge in [-0.15, -0.1) is 0 Å². The molecule has 1 heterocycles. The Kier molecular flexibility index (Phi) is 6.07. The van der Waals surface area contributed by atoms with Crippen molar-refractivity contribution in [3.63, 3.8) is 0 Å². The van der Waals surface area contributed by atoms with Crippen LogP contribution in [0, 0.1) is 13.8 Å². The van der Waals surface area contributed by atoms with E-state index in [-0.39, 0.29) is 4.90 Å². The van der Waals surface area contributed by atoms with Gasteiger partial charge in [0.25, 0.3) is 5.91 Å². The summed E-state index contributed by atoms with van der Waals surface area (Å²) in [5.41, 5.74) is 3.77. The molecule has 0 radical (unpaired) electrons. The lowest BCUT2D eigenvalue weighted by molar-refractivity contribution is 0.0998. The fourth-order valence-corrected chi connectivity index (χ4v) is 5.67. The van der Waals surface area contributed by atoms with Crippen molar-refractivity contribution in [1.29, 1.82) is 0 Å². The van der Waals surface area contributed by atoms with Gasteiger partial charge in [-0.3, -0.25) is 4.79 Å². The highest BCUT2D eigenvalue weighted by atomic mass is 32.2. The van der Waals surface area contributed by atoms with Crippen molar-refractivity contribution in [1.82, 2.24) is 8.87 Å². The molecule has 0 saturated heterocycles. The summed E-state index contributed by atoms with van der Waals surface area (Å²) in [4.78, 5) is 17.7. The van der Waals surface area contributed by atoms with E-state index >= 15 is 0 Å². The number of aromatic nitrogens is 1. The van der Waals surface area contributed by atoms with Gasteiger partial charge in [0.1, 0.15) is 0 Å². The van der Waals surface area contributed by atoms with Crippen LogP contribution < -0.4 is 4.80 Å². The number of amides is 1. The first kappa shape index (κ1) is 21.4. The smallest absolute Gasteiger partial charge is 0.279 e. The summed E-state index contributed by atoms with van der Waals surface area (Å²) in [6.45, 7) is 8.51. The molecule has 1 amide bonds. The minimum Gasteiger partial charge on any atom is -0.319 e. The number of sulfonamides is 1. The summed E-state index contributed by atoms with van der Waals surface area (Å²) in [6.07, 6.45) is 0. The van der Waals surface area contributed by atoms with Gasteiger partial charge in [0.05, 0.1) is 15.1 Å². The third kappa shape index (κ3) is 4.05. The Morgan fingerprint density at radius 1 is 1.07 bits per heavy atom. The van der Waals surface area contributed by atoms with Crippen LogP contribution in [0.1, 0.15) is 35.3 Å². The lowest BCUT2D eigenvalue weighted by Gasteiger charge is -2.18. The molecule has 3 aromatic rings. The second kappa shape index (κ2) is 8.22. The Morgan fingerprint density at radius 2 is 1.66 bits per heavy atom. The Hall–Kier alpha value is -2.29. The highest BCUT2D eigenvalue weighted by Gasteiger charge is 2.21. The SMILES string of the molecule is CCN(CC)S(=O)(=O)c1ccc(C(=O)N=c2sc3cc(C)c(C)cc3n2C)cc1. The van der Waals surface area contributed by atoms with Crippen molar-refractivity contribution in [3.8, 4) is 0 Å². The molecule has 0 fully saturated rings. The van der Waals surface area contributed by atoms with E-state index < -0.39 is 15.9 Å². The van der Waals surface area contributed by atoms with E-state index in [9.17, 15) is 13.2 Å². The fourth-order valence-electron chi connectivity index (χ4n) is 3.12. The van der Waals surface area contributed by atoms with Crippen molar-refractivity contribution in [3.05, 3.63) is 57.9 Å². The van der Waals surface area contributed by atoms with E-state index in [1.807, 2.05) is 11.6 Å². The second-order valence-electron chi connectivity index (χ2n) is 6.88. The molecule has 0 N–H and O–H groups in total. The average molecular weight is 432 g/mol. The monoisotopic (exact) mass is 431 g/mol. The number of carbonyl (C=O) groups is 1. The normalized spacial score (nSPS) is 12.8.